The summed E-state index contributed by atoms with van der Waals surface area (Å²) in [6, 6.07) is 0. The molecule has 0 aromatic rings. The number of hydrogen-bond donors (Lipinski definition) is 1. The lowest BCUT2D eigenvalue weighted by Gasteiger charge is -2.40. The molecule has 0 fully saturated rings. The van der Waals surface area contributed by atoms with Crippen LogP contribution in [0.1, 0.15) is 61.3 Å². The average Bonchev–Trinajstić information content (AvgIpc) is 2.23. The molecule has 0 amide bonds. The maximum atomic E-state index is 10.7. The average molecular weight is 325 g/mol. The number of rotatable bonds is 4. The molecule has 2 nitrogen and oxygen atoms in total. The summed E-state index contributed by atoms with van der Waals surface area (Å²) < 4.78 is 6.42. The molecule has 22 heavy (non-hydrogen) atoms. The van der Waals surface area contributed by atoms with Gasteiger partial charge in [0, 0.05) is 6.10 Å². The monoisotopic (exact) mass is 324 g/mol. The van der Waals surface area contributed by atoms with Crippen LogP contribution in [-0.2, 0) is 4.43 Å². The second-order valence-corrected chi connectivity index (χ2v) is 13.9. The van der Waals surface area contributed by atoms with E-state index in [9.17, 15) is 5.11 Å². The van der Waals surface area contributed by atoms with Crippen LogP contribution in [0.3, 0.4) is 0 Å². The molecule has 0 heterocycles. The topological polar surface area (TPSA) is 29.5 Å². The van der Waals surface area contributed by atoms with E-state index >= 15 is 0 Å². The molecule has 0 bridgehead atoms. The first-order chi connectivity index (χ1) is 9.69. The van der Waals surface area contributed by atoms with Gasteiger partial charge in [-0.05, 0) is 55.8 Å². The van der Waals surface area contributed by atoms with Gasteiger partial charge < -0.3 is 9.53 Å². The molecule has 1 aliphatic carbocycles. The Kier molecular flexibility index (Phi) is 5.59. The van der Waals surface area contributed by atoms with Gasteiger partial charge in [-0.15, -0.1) is 0 Å². The standard InChI is InChI=1S/C19H36O2Si/c1-15(21-22(8,9)17(2,3)4)11-12-16-18(5,6)13-10-14-19(16,7)20/h10,12,14-15,20H,11,13H2,1-9H3/b16-12-/t15-,19?/m0/s1. The Bertz CT molecular complexity index is 451. The van der Waals surface area contributed by atoms with E-state index in [1.165, 1.54) is 0 Å². The van der Waals surface area contributed by atoms with Gasteiger partial charge in [0.2, 0.25) is 0 Å². The minimum absolute atomic E-state index is 0.00887. The third-order valence-corrected chi connectivity index (χ3v) is 9.90. The van der Waals surface area contributed by atoms with Gasteiger partial charge in [0.15, 0.2) is 8.32 Å². The van der Waals surface area contributed by atoms with Crippen molar-refractivity contribution in [3.05, 3.63) is 23.8 Å². The van der Waals surface area contributed by atoms with Crippen molar-refractivity contribution in [3.8, 4) is 0 Å². The lowest BCUT2D eigenvalue weighted by Crippen LogP contribution is -2.43. The Morgan fingerprint density at radius 3 is 2.32 bits per heavy atom. The van der Waals surface area contributed by atoms with E-state index in [2.05, 4.69) is 66.8 Å². The molecule has 1 aliphatic rings. The zero-order valence-corrected chi connectivity index (χ0v) is 17.1. The minimum Gasteiger partial charge on any atom is -0.414 e. The van der Waals surface area contributed by atoms with Crippen molar-refractivity contribution in [2.45, 2.75) is 91.1 Å². The Hall–Kier alpha value is -0.383. The molecule has 3 heteroatoms. The predicted molar refractivity (Wildman–Crippen MR) is 98.6 cm³/mol. The Morgan fingerprint density at radius 1 is 1.32 bits per heavy atom. The molecular formula is C19H36O2Si. The van der Waals surface area contributed by atoms with Gasteiger partial charge in [-0.25, -0.2) is 0 Å². The second kappa shape index (κ2) is 6.25. The molecule has 0 spiro atoms. The second-order valence-electron chi connectivity index (χ2n) is 9.18. The molecular weight excluding hydrogens is 288 g/mol. The molecule has 0 radical (unpaired) electrons. The van der Waals surface area contributed by atoms with E-state index in [4.69, 9.17) is 4.43 Å². The summed E-state index contributed by atoms with van der Waals surface area (Å²) in [6.45, 7) is 19.8. The van der Waals surface area contributed by atoms with Crippen molar-refractivity contribution in [3.63, 3.8) is 0 Å². The normalized spacial score (nSPS) is 28.9. The van der Waals surface area contributed by atoms with Crippen LogP contribution in [0, 0.1) is 5.41 Å². The van der Waals surface area contributed by atoms with Crippen molar-refractivity contribution in [2.75, 3.05) is 0 Å². The van der Waals surface area contributed by atoms with E-state index in [-0.39, 0.29) is 16.6 Å². The highest BCUT2D eigenvalue weighted by Crippen LogP contribution is 2.43. The smallest absolute Gasteiger partial charge is 0.192 e. The molecule has 0 aromatic heterocycles. The van der Waals surface area contributed by atoms with Crippen LogP contribution >= 0.6 is 0 Å². The predicted octanol–water partition coefficient (Wildman–Crippen LogP) is 5.45. The maximum Gasteiger partial charge on any atom is 0.192 e. The number of aliphatic hydroxyl groups is 1. The van der Waals surface area contributed by atoms with Crippen LogP contribution in [0.2, 0.25) is 18.1 Å². The summed E-state index contributed by atoms with van der Waals surface area (Å²) in [4.78, 5) is 0. The van der Waals surface area contributed by atoms with E-state index < -0.39 is 13.9 Å². The molecule has 128 valence electrons. The SMILES string of the molecule is C[C@@H](C/C=C1\C(C)(O)C=CCC1(C)C)O[Si](C)(C)C(C)(C)C. The summed E-state index contributed by atoms with van der Waals surface area (Å²) in [6.07, 6.45) is 8.24. The third-order valence-electron chi connectivity index (χ3n) is 5.30. The first-order valence-electron chi connectivity index (χ1n) is 8.48. The highest BCUT2D eigenvalue weighted by atomic mass is 28.4. The summed E-state index contributed by atoms with van der Waals surface area (Å²) in [5, 5.41) is 10.9. The van der Waals surface area contributed by atoms with E-state index in [1.54, 1.807) is 0 Å². The number of allylic oxidation sites excluding steroid dienone is 1. The third kappa shape index (κ3) is 4.56. The first-order valence-corrected chi connectivity index (χ1v) is 11.4. The molecule has 1 N–H and O–H groups in total. The zero-order valence-electron chi connectivity index (χ0n) is 16.1. The summed E-state index contributed by atoms with van der Waals surface area (Å²) in [7, 11) is -1.73. The lowest BCUT2D eigenvalue weighted by molar-refractivity contribution is 0.115. The largest absolute Gasteiger partial charge is 0.414 e. The molecule has 1 rings (SSSR count). The number of hydrogen-bond acceptors (Lipinski definition) is 2. The molecule has 1 unspecified atom stereocenters. The summed E-state index contributed by atoms with van der Waals surface area (Å²) in [5.41, 5.74) is 0.293. The van der Waals surface area contributed by atoms with Crippen LogP contribution in [0.4, 0.5) is 0 Å². The summed E-state index contributed by atoms with van der Waals surface area (Å²) >= 11 is 0. The van der Waals surface area contributed by atoms with Crippen molar-refractivity contribution in [2.24, 2.45) is 5.41 Å². The van der Waals surface area contributed by atoms with Gasteiger partial charge in [-0.2, -0.15) is 0 Å². The van der Waals surface area contributed by atoms with Crippen molar-refractivity contribution >= 4 is 8.32 Å². The maximum absolute atomic E-state index is 10.7. The van der Waals surface area contributed by atoms with E-state index in [0.29, 0.717) is 0 Å². The fourth-order valence-corrected chi connectivity index (χ4v) is 4.42. The highest BCUT2D eigenvalue weighted by molar-refractivity contribution is 6.74. The molecule has 0 aliphatic heterocycles. The van der Waals surface area contributed by atoms with Crippen molar-refractivity contribution in [1.82, 2.24) is 0 Å². The van der Waals surface area contributed by atoms with Crippen LogP contribution in [-0.4, -0.2) is 25.1 Å². The van der Waals surface area contributed by atoms with Gasteiger partial charge in [0.1, 0.15) is 5.60 Å². The van der Waals surface area contributed by atoms with Gasteiger partial charge in [-0.3, -0.25) is 0 Å². The zero-order chi connectivity index (χ0) is 17.4. The van der Waals surface area contributed by atoms with Crippen LogP contribution in [0.15, 0.2) is 23.8 Å². The van der Waals surface area contributed by atoms with E-state index in [0.717, 1.165) is 18.4 Å². The van der Waals surface area contributed by atoms with Crippen LogP contribution in [0.5, 0.6) is 0 Å². The molecule has 0 saturated heterocycles. The Balaban J connectivity index is 2.85. The summed E-state index contributed by atoms with van der Waals surface area (Å²) in [5.74, 6) is 0. The fraction of sp³-hybridized carbons (Fsp3) is 0.789. The van der Waals surface area contributed by atoms with Crippen molar-refractivity contribution < 1.29 is 9.53 Å². The fourth-order valence-electron chi connectivity index (χ4n) is 2.96. The quantitative estimate of drug-likeness (QED) is 0.550. The molecule has 2 atom stereocenters. The van der Waals surface area contributed by atoms with Gasteiger partial charge in [0.25, 0.3) is 0 Å². The lowest BCUT2D eigenvalue weighted by atomic mass is 9.69. The van der Waals surface area contributed by atoms with Gasteiger partial charge in [-0.1, -0.05) is 52.8 Å². The van der Waals surface area contributed by atoms with Gasteiger partial charge in [0.05, 0.1) is 0 Å². The van der Waals surface area contributed by atoms with Crippen LogP contribution in [0.25, 0.3) is 0 Å². The first kappa shape index (κ1) is 19.7. The Morgan fingerprint density at radius 2 is 1.86 bits per heavy atom. The van der Waals surface area contributed by atoms with Crippen LogP contribution < -0.4 is 0 Å². The van der Waals surface area contributed by atoms with Crippen molar-refractivity contribution in [1.29, 1.82) is 0 Å². The highest BCUT2D eigenvalue weighted by Gasteiger charge is 2.39. The van der Waals surface area contributed by atoms with E-state index in [1.807, 2.05) is 13.0 Å². The van der Waals surface area contributed by atoms with Gasteiger partial charge >= 0.3 is 0 Å². The Labute approximate surface area is 138 Å². The molecule has 0 aromatic carbocycles. The minimum atomic E-state index is -1.73. The molecule has 0 saturated carbocycles.